The van der Waals surface area contributed by atoms with Crippen molar-refractivity contribution < 1.29 is 42.8 Å². The Morgan fingerprint density at radius 2 is 1.91 bits per heavy atom. The molecule has 5 heterocycles. The highest BCUT2D eigenvalue weighted by atomic mass is 16.6. The zero-order valence-corrected chi connectivity index (χ0v) is 27.3. The lowest BCUT2D eigenvalue weighted by molar-refractivity contribution is -0.159. The van der Waals surface area contributed by atoms with Crippen LogP contribution in [0.3, 0.4) is 0 Å². The number of carbonyl (C=O) groups is 2. The van der Waals surface area contributed by atoms with Crippen molar-refractivity contribution in [3.63, 3.8) is 0 Å². The van der Waals surface area contributed by atoms with Crippen LogP contribution in [0.2, 0.25) is 0 Å². The summed E-state index contributed by atoms with van der Waals surface area (Å²) < 4.78 is 34.7. The second-order valence-electron chi connectivity index (χ2n) is 13.3. The number of allylic oxidation sites excluding steroid dienone is 4. The maximum absolute atomic E-state index is 13.4. The van der Waals surface area contributed by atoms with Gasteiger partial charge in [0.1, 0.15) is 35.9 Å². The molecule has 5 rings (SSSR count). The number of fused-ring (bicyclic) bond motifs is 4. The lowest BCUT2D eigenvalue weighted by Gasteiger charge is -2.33. The lowest BCUT2D eigenvalue weighted by Crippen LogP contribution is -2.42. The number of aliphatic hydroxyl groups excluding tert-OH is 1. The van der Waals surface area contributed by atoms with Crippen LogP contribution < -0.4 is 0 Å². The van der Waals surface area contributed by atoms with Gasteiger partial charge in [-0.3, -0.25) is 4.79 Å². The second-order valence-corrected chi connectivity index (χ2v) is 13.3. The van der Waals surface area contributed by atoms with E-state index < -0.39 is 36.0 Å². The van der Waals surface area contributed by atoms with E-state index in [2.05, 4.69) is 4.98 Å². The summed E-state index contributed by atoms with van der Waals surface area (Å²) in [6, 6.07) is 0. The van der Waals surface area contributed by atoms with E-state index in [1.54, 1.807) is 20.3 Å². The maximum atomic E-state index is 13.4. The van der Waals surface area contributed by atoms with Crippen molar-refractivity contribution in [3.05, 3.63) is 59.4 Å². The summed E-state index contributed by atoms with van der Waals surface area (Å²) in [6.07, 6.45) is 11.7. The zero-order valence-electron chi connectivity index (χ0n) is 27.3. The molecular weight excluding hydrogens is 578 g/mol. The number of aryl methyl sites for hydroxylation is 1. The van der Waals surface area contributed by atoms with Gasteiger partial charge in [0.15, 0.2) is 12.0 Å². The number of rotatable bonds is 7. The van der Waals surface area contributed by atoms with Gasteiger partial charge in [0, 0.05) is 38.7 Å². The van der Waals surface area contributed by atoms with Crippen LogP contribution in [0.1, 0.15) is 71.9 Å². The molecule has 3 saturated heterocycles. The summed E-state index contributed by atoms with van der Waals surface area (Å²) >= 11 is 0. The Kier molecular flexibility index (Phi) is 10.2. The predicted molar refractivity (Wildman–Crippen MR) is 166 cm³/mol. The number of oxazole rings is 1. The first-order valence-corrected chi connectivity index (χ1v) is 16.0. The first-order chi connectivity index (χ1) is 21.4. The average Bonchev–Trinajstić information content (AvgIpc) is 3.86. The first kappa shape index (κ1) is 33.3. The van der Waals surface area contributed by atoms with Crippen LogP contribution in [0.25, 0.3) is 6.08 Å². The highest BCUT2D eigenvalue weighted by Crippen LogP contribution is 2.44. The largest absolute Gasteiger partial charge is 0.462 e. The molecule has 1 N–H and O–H groups in total. The normalized spacial score (nSPS) is 38.0. The summed E-state index contributed by atoms with van der Waals surface area (Å²) in [5.41, 5.74) is 1.86. The van der Waals surface area contributed by atoms with Gasteiger partial charge in [-0.25, -0.2) is 9.78 Å². The minimum atomic E-state index is -0.905. The Labute approximate surface area is 265 Å². The molecule has 11 atom stereocenters. The van der Waals surface area contributed by atoms with E-state index in [0.717, 1.165) is 16.8 Å². The number of esters is 2. The van der Waals surface area contributed by atoms with Gasteiger partial charge < -0.3 is 33.2 Å². The molecule has 246 valence electrons. The summed E-state index contributed by atoms with van der Waals surface area (Å²) in [5, 5.41) is 11.4. The molecular formula is C35H47NO9. The highest BCUT2D eigenvalue weighted by Gasteiger charge is 2.57. The van der Waals surface area contributed by atoms with Crippen molar-refractivity contribution >= 4 is 18.0 Å². The van der Waals surface area contributed by atoms with Crippen molar-refractivity contribution in [3.8, 4) is 0 Å². The van der Waals surface area contributed by atoms with Crippen molar-refractivity contribution in [2.75, 3.05) is 7.11 Å². The van der Waals surface area contributed by atoms with Crippen LogP contribution >= 0.6 is 0 Å². The van der Waals surface area contributed by atoms with Gasteiger partial charge in [-0.1, -0.05) is 44.2 Å². The fourth-order valence-electron chi connectivity index (χ4n) is 6.64. The molecule has 1 aromatic rings. The number of cyclic esters (lactones) is 1. The Hall–Kier alpha value is -3.05. The van der Waals surface area contributed by atoms with Crippen molar-refractivity contribution in [1.29, 1.82) is 0 Å². The minimum Gasteiger partial charge on any atom is -0.462 e. The molecule has 0 aromatic carbocycles. The van der Waals surface area contributed by atoms with Gasteiger partial charge in [0.25, 0.3) is 0 Å². The van der Waals surface area contributed by atoms with Gasteiger partial charge in [0.05, 0.1) is 18.3 Å². The third-order valence-corrected chi connectivity index (χ3v) is 9.63. The predicted octanol–water partition coefficient (Wildman–Crippen LogP) is 5.05. The number of carbonyl (C=O) groups excluding carboxylic acids is 2. The highest BCUT2D eigenvalue weighted by molar-refractivity contribution is 5.78. The van der Waals surface area contributed by atoms with Crippen molar-refractivity contribution in [2.45, 2.75) is 116 Å². The minimum absolute atomic E-state index is 0.0130. The van der Waals surface area contributed by atoms with Crippen LogP contribution in [0, 0.1) is 24.7 Å². The number of aromatic nitrogens is 1. The van der Waals surface area contributed by atoms with E-state index in [1.165, 1.54) is 0 Å². The summed E-state index contributed by atoms with van der Waals surface area (Å²) in [4.78, 5) is 30.1. The molecule has 4 aliphatic heterocycles. The second kappa shape index (κ2) is 13.7. The number of nitrogens with zero attached hydrogens (tertiary/aromatic N) is 1. The molecule has 0 saturated carbocycles. The van der Waals surface area contributed by atoms with E-state index in [0.29, 0.717) is 25.2 Å². The topological polar surface area (TPSA) is 133 Å². The monoisotopic (exact) mass is 625 g/mol. The molecule has 0 aliphatic carbocycles. The number of hydrogen-bond acceptors (Lipinski definition) is 10. The third kappa shape index (κ3) is 8.03. The molecule has 0 amide bonds. The molecule has 45 heavy (non-hydrogen) atoms. The van der Waals surface area contributed by atoms with Gasteiger partial charge in [-0.15, -0.1) is 0 Å². The van der Waals surface area contributed by atoms with E-state index >= 15 is 0 Å². The quantitative estimate of drug-likeness (QED) is 0.190. The molecule has 10 heteroatoms. The fourth-order valence-corrected chi connectivity index (χ4v) is 6.64. The van der Waals surface area contributed by atoms with E-state index in [9.17, 15) is 14.7 Å². The number of hydrogen-bond donors (Lipinski definition) is 1. The Morgan fingerprint density at radius 1 is 1.16 bits per heavy atom. The molecule has 0 spiro atoms. The van der Waals surface area contributed by atoms with Crippen molar-refractivity contribution in [1.82, 2.24) is 4.98 Å². The van der Waals surface area contributed by atoms with E-state index in [1.807, 2.05) is 71.1 Å². The number of methoxy groups -OCH3 is 1. The van der Waals surface area contributed by atoms with E-state index in [-0.39, 0.29) is 48.5 Å². The first-order valence-electron chi connectivity index (χ1n) is 16.0. The molecule has 2 bridgehead atoms. The number of aliphatic hydroxyl groups is 1. The maximum Gasteiger partial charge on any atom is 0.338 e. The Bertz CT molecular complexity index is 1360. The van der Waals surface area contributed by atoms with Crippen LogP contribution in [-0.4, -0.2) is 77.5 Å². The number of ether oxygens (including phenoxy) is 5. The molecule has 3 fully saturated rings. The molecule has 10 nitrogen and oxygen atoms in total. The van der Waals surface area contributed by atoms with Crippen LogP contribution in [0.4, 0.5) is 0 Å². The molecule has 1 aromatic heterocycles. The lowest BCUT2D eigenvalue weighted by atomic mass is 9.84. The zero-order chi connectivity index (χ0) is 32.5. The van der Waals surface area contributed by atoms with Gasteiger partial charge in [0.2, 0.25) is 0 Å². The summed E-state index contributed by atoms with van der Waals surface area (Å²) in [7, 11) is 1.63. The Morgan fingerprint density at radius 3 is 2.62 bits per heavy atom. The summed E-state index contributed by atoms with van der Waals surface area (Å²) in [5.74, 6) is -0.316. The van der Waals surface area contributed by atoms with E-state index in [4.69, 9.17) is 28.1 Å². The van der Waals surface area contributed by atoms with Crippen LogP contribution in [0.5, 0.6) is 0 Å². The SMILES string of the molecule is CO[C@@H](/C(C)=C/C=C/C(C)=C/c1coc(C)n1)[C@@H](C)C1C[C@H](O)[C@]2(C)O[C@@H]2/C=C/[C@@H](C)[C@H]2CC(CC(=O)O2)C[C@H]2O[C@H]2C(=O)O1. The summed E-state index contributed by atoms with van der Waals surface area (Å²) in [6.45, 7) is 11.6. The molecule has 2 unspecified atom stereocenters. The van der Waals surface area contributed by atoms with Crippen LogP contribution in [-0.2, 0) is 33.3 Å². The fraction of sp³-hybridized carbons (Fsp3) is 0.629. The number of epoxide rings is 2. The van der Waals surface area contributed by atoms with Crippen molar-refractivity contribution in [2.24, 2.45) is 17.8 Å². The molecule has 4 aliphatic rings. The van der Waals surface area contributed by atoms with Crippen LogP contribution in [0.15, 0.2) is 52.2 Å². The standard InChI is InChI=1S/C35H47NO9/c1-19(13-25-18-41-23(5)36-25)9-8-10-21(3)32(40-7)22(4)27-17-29(37)35(6)30(45-35)12-11-20(2)26-14-24(16-31(38)42-26)15-28-33(43-28)34(39)44-27/h8-13,18,20,22,24,26-30,32-33,37H,14-17H2,1-7H3/b9-8+,12-11+,19-13+,21-10+/t20-,22+,24?,26-,27?,28-,29+,30-,32+,33-,35+/m1/s1. The van der Waals surface area contributed by atoms with Gasteiger partial charge in [-0.2, -0.15) is 0 Å². The third-order valence-electron chi connectivity index (χ3n) is 9.63. The Balaban J connectivity index is 1.33. The smallest absolute Gasteiger partial charge is 0.338 e. The average molecular weight is 626 g/mol. The molecule has 0 radical (unpaired) electrons. The van der Waals surface area contributed by atoms with Gasteiger partial charge in [-0.05, 0) is 56.8 Å². The van der Waals surface area contributed by atoms with Gasteiger partial charge >= 0.3 is 11.9 Å².